The van der Waals surface area contributed by atoms with Crippen molar-refractivity contribution in [3.63, 3.8) is 0 Å². The Morgan fingerprint density at radius 2 is 1.75 bits per heavy atom. The Morgan fingerprint density at radius 3 is 2.33 bits per heavy atom. The number of ether oxygens (including phenoxy) is 1. The second-order valence-corrected chi connectivity index (χ2v) is 8.37. The number of nitrogens with one attached hydrogen (secondary N) is 1. The molecule has 1 aromatic carbocycles. The van der Waals surface area contributed by atoms with Gasteiger partial charge in [0, 0.05) is 12.6 Å². The van der Waals surface area contributed by atoms with E-state index in [4.69, 9.17) is 4.74 Å². The second kappa shape index (κ2) is 8.98. The number of benzene rings is 1. The van der Waals surface area contributed by atoms with Crippen molar-refractivity contribution in [2.24, 2.45) is 11.3 Å². The Labute approximate surface area is 147 Å². The zero-order chi connectivity index (χ0) is 17.6. The fourth-order valence-electron chi connectivity index (χ4n) is 3.57. The maximum absolute atomic E-state index is 10.2. The summed E-state index contributed by atoms with van der Waals surface area (Å²) in [6.45, 7) is 10.1. The minimum absolute atomic E-state index is 0.239. The molecule has 0 radical (unpaired) electrons. The number of rotatable bonds is 7. The van der Waals surface area contributed by atoms with Crippen LogP contribution >= 0.6 is 0 Å². The maximum atomic E-state index is 10.2. The van der Waals surface area contributed by atoms with E-state index in [2.05, 4.69) is 45.1 Å². The predicted molar refractivity (Wildman–Crippen MR) is 100 cm³/mol. The van der Waals surface area contributed by atoms with Gasteiger partial charge in [0.2, 0.25) is 0 Å². The van der Waals surface area contributed by atoms with Crippen LogP contribution in [0.3, 0.4) is 0 Å². The molecule has 0 heterocycles. The van der Waals surface area contributed by atoms with Gasteiger partial charge in [0.25, 0.3) is 0 Å². The van der Waals surface area contributed by atoms with E-state index in [1.165, 1.54) is 18.4 Å². The molecule has 2 N–H and O–H groups in total. The van der Waals surface area contributed by atoms with Gasteiger partial charge in [-0.25, -0.2) is 0 Å². The van der Waals surface area contributed by atoms with Crippen LogP contribution in [-0.2, 0) is 4.74 Å². The van der Waals surface area contributed by atoms with E-state index in [9.17, 15) is 5.11 Å². The second-order valence-electron chi connectivity index (χ2n) is 8.37. The lowest BCUT2D eigenvalue weighted by Gasteiger charge is -2.37. The Bertz CT molecular complexity index is 460. The molecule has 0 bridgehead atoms. The summed E-state index contributed by atoms with van der Waals surface area (Å²) in [5.74, 6) is 0.802. The standard InChI is InChI=1S/C21H35NO2/c1-16(17-8-6-5-7-9-17)22-14-19(23)15-24-20-12-10-18(11-13-20)21(2,3)4/h5-9,16,18-20,22-23H,10-15H2,1-4H3/t16-,18?,19-,20?/m1/s1. The lowest BCUT2D eigenvalue weighted by atomic mass is 9.72. The molecular weight excluding hydrogens is 298 g/mol. The highest BCUT2D eigenvalue weighted by atomic mass is 16.5. The summed E-state index contributed by atoms with van der Waals surface area (Å²) in [7, 11) is 0. The van der Waals surface area contributed by atoms with E-state index in [1.54, 1.807) is 0 Å². The summed E-state index contributed by atoms with van der Waals surface area (Å²) in [5.41, 5.74) is 1.65. The van der Waals surface area contributed by atoms with Crippen LogP contribution in [0.2, 0.25) is 0 Å². The molecule has 1 aliphatic carbocycles. The van der Waals surface area contributed by atoms with Crippen molar-refractivity contribution in [3.8, 4) is 0 Å². The Balaban J connectivity index is 1.63. The first-order valence-electron chi connectivity index (χ1n) is 9.44. The molecule has 0 unspecified atom stereocenters. The van der Waals surface area contributed by atoms with Gasteiger partial charge in [-0.2, -0.15) is 0 Å². The number of hydrogen-bond acceptors (Lipinski definition) is 3. The van der Waals surface area contributed by atoms with Gasteiger partial charge >= 0.3 is 0 Å². The van der Waals surface area contributed by atoms with Crippen LogP contribution in [0.1, 0.15) is 65.0 Å². The molecule has 0 amide bonds. The van der Waals surface area contributed by atoms with Crippen molar-refractivity contribution >= 4 is 0 Å². The van der Waals surface area contributed by atoms with E-state index >= 15 is 0 Å². The fourth-order valence-corrected chi connectivity index (χ4v) is 3.57. The number of aliphatic hydroxyl groups excluding tert-OH is 1. The van der Waals surface area contributed by atoms with E-state index in [-0.39, 0.29) is 6.04 Å². The molecule has 3 heteroatoms. The summed E-state index contributed by atoms with van der Waals surface area (Å²) in [4.78, 5) is 0. The third-order valence-corrected chi connectivity index (χ3v) is 5.38. The number of hydrogen-bond donors (Lipinski definition) is 2. The third kappa shape index (κ3) is 6.19. The molecule has 2 atom stereocenters. The van der Waals surface area contributed by atoms with Gasteiger partial charge in [-0.1, -0.05) is 51.1 Å². The minimum Gasteiger partial charge on any atom is -0.389 e. The SMILES string of the molecule is C[C@@H](NC[C@@H](O)COC1CCC(C(C)(C)C)CC1)c1ccccc1. The highest BCUT2D eigenvalue weighted by Crippen LogP contribution is 2.38. The van der Waals surface area contributed by atoms with E-state index < -0.39 is 6.10 Å². The van der Waals surface area contributed by atoms with E-state index in [0.29, 0.717) is 24.7 Å². The molecule has 1 aliphatic rings. The van der Waals surface area contributed by atoms with Gasteiger partial charge in [-0.05, 0) is 49.5 Å². The molecule has 1 aromatic rings. The Hall–Kier alpha value is -0.900. The third-order valence-electron chi connectivity index (χ3n) is 5.38. The van der Waals surface area contributed by atoms with Crippen LogP contribution in [-0.4, -0.2) is 30.5 Å². The number of aliphatic hydroxyl groups is 1. The molecule has 1 fully saturated rings. The molecule has 0 aliphatic heterocycles. The summed E-state index contributed by atoms with van der Waals surface area (Å²) < 4.78 is 5.95. The average Bonchev–Trinajstić information content (AvgIpc) is 2.58. The summed E-state index contributed by atoms with van der Waals surface area (Å²) >= 11 is 0. The molecule has 3 nitrogen and oxygen atoms in total. The summed E-state index contributed by atoms with van der Waals surface area (Å²) in [6, 6.07) is 10.6. The largest absolute Gasteiger partial charge is 0.389 e. The van der Waals surface area contributed by atoms with Crippen LogP contribution in [0.15, 0.2) is 30.3 Å². The van der Waals surface area contributed by atoms with Crippen molar-refractivity contribution in [2.75, 3.05) is 13.2 Å². The minimum atomic E-state index is -0.448. The van der Waals surface area contributed by atoms with Gasteiger partial charge in [-0.15, -0.1) is 0 Å². The van der Waals surface area contributed by atoms with Crippen molar-refractivity contribution in [1.82, 2.24) is 5.32 Å². The van der Waals surface area contributed by atoms with Crippen molar-refractivity contribution < 1.29 is 9.84 Å². The summed E-state index contributed by atoms with van der Waals surface area (Å²) in [6.07, 6.45) is 4.62. The van der Waals surface area contributed by atoms with Crippen LogP contribution in [0.4, 0.5) is 0 Å². The Morgan fingerprint density at radius 1 is 1.12 bits per heavy atom. The summed E-state index contributed by atoms with van der Waals surface area (Å²) in [5, 5.41) is 13.6. The van der Waals surface area contributed by atoms with E-state index in [0.717, 1.165) is 18.8 Å². The van der Waals surface area contributed by atoms with Crippen LogP contribution in [0.5, 0.6) is 0 Å². The monoisotopic (exact) mass is 333 g/mol. The lowest BCUT2D eigenvalue weighted by molar-refractivity contribution is -0.0365. The van der Waals surface area contributed by atoms with Gasteiger partial charge in [0.1, 0.15) is 0 Å². The molecule has 0 spiro atoms. The van der Waals surface area contributed by atoms with Crippen molar-refractivity contribution in [2.45, 2.75) is 71.6 Å². The van der Waals surface area contributed by atoms with Crippen molar-refractivity contribution in [1.29, 1.82) is 0 Å². The fraction of sp³-hybridized carbons (Fsp3) is 0.714. The zero-order valence-electron chi connectivity index (χ0n) is 15.8. The van der Waals surface area contributed by atoms with Crippen molar-refractivity contribution in [3.05, 3.63) is 35.9 Å². The average molecular weight is 334 g/mol. The molecule has 0 aromatic heterocycles. The Kier molecular flexibility index (Phi) is 7.27. The first kappa shape index (κ1) is 19.4. The highest BCUT2D eigenvalue weighted by molar-refractivity contribution is 5.17. The molecular formula is C21H35NO2. The highest BCUT2D eigenvalue weighted by Gasteiger charge is 2.30. The van der Waals surface area contributed by atoms with Gasteiger partial charge in [-0.3, -0.25) is 0 Å². The molecule has 2 rings (SSSR count). The molecule has 1 saturated carbocycles. The van der Waals surface area contributed by atoms with Gasteiger partial charge < -0.3 is 15.2 Å². The molecule has 24 heavy (non-hydrogen) atoms. The normalized spacial score (nSPS) is 24.5. The maximum Gasteiger partial charge on any atom is 0.0898 e. The van der Waals surface area contributed by atoms with Crippen LogP contribution in [0.25, 0.3) is 0 Å². The van der Waals surface area contributed by atoms with E-state index in [1.807, 2.05) is 18.2 Å². The van der Waals surface area contributed by atoms with Crippen LogP contribution < -0.4 is 5.32 Å². The molecule has 136 valence electrons. The quantitative estimate of drug-likeness (QED) is 0.781. The first-order valence-corrected chi connectivity index (χ1v) is 9.44. The first-order chi connectivity index (χ1) is 11.4. The van der Waals surface area contributed by atoms with Gasteiger partial charge in [0.15, 0.2) is 0 Å². The predicted octanol–water partition coefficient (Wildman–Crippen LogP) is 4.32. The zero-order valence-corrected chi connectivity index (χ0v) is 15.8. The van der Waals surface area contributed by atoms with Crippen LogP contribution in [0, 0.1) is 11.3 Å². The topological polar surface area (TPSA) is 41.5 Å². The smallest absolute Gasteiger partial charge is 0.0898 e. The lowest BCUT2D eigenvalue weighted by Crippen LogP contribution is -2.35. The van der Waals surface area contributed by atoms with Gasteiger partial charge in [0.05, 0.1) is 18.8 Å². The molecule has 0 saturated heterocycles.